The minimum atomic E-state index is -1.32. The number of nitrogens with zero attached hydrogens (tertiary/aromatic N) is 1. The fourth-order valence-electron chi connectivity index (χ4n) is 3.61. The largest absolute Gasteiger partial charge is 0.442 e. The number of benzene rings is 1. The van der Waals surface area contributed by atoms with Gasteiger partial charge in [0.15, 0.2) is 11.6 Å². The number of anilines is 1. The SMILES string of the molecule is CC(=O)NC[C@H]1CN(c2cc(F)c(C3CCC(O)CC3)c(F)c2F)C(=O)O1. The van der Waals surface area contributed by atoms with Gasteiger partial charge in [0.1, 0.15) is 11.9 Å². The van der Waals surface area contributed by atoms with Gasteiger partial charge in [-0.25, -0.2) is 18.0 Å². The molecule has 0 unspecified atom stereocenters. The second kappa shape index (κ2) is 7.75. The molecule has 2 fully saturated rings. The van der Waals surface area contributed by atoms with Crippen LogP contribution in [0.25, 0.3) is 0 Å². The first kappa shape index (κ1) is 19.5. The van der Waals surface area contributed by atoms with Crippen LogP contribution in [0, 0.1) is 17.5 Å². The highest BCUT2D eigenvalue weighted by Gasteiger charge is 2.37. The lowest BCUT2D eigenvalue weighted by molar-refractivity contribution is -0.119. The van der Waals surface area contributed by atoms with Crippen molar-refractivity contribution in [3.63, 3.8) is 0 Å². The van der Waals surface area contributed by atoms with Crippen molar-refractivity contribution >= 4 is 17.7 Å². The predicted molar refractivity (Wildman–Crippen MR) is 89.8 cm³/mol. The fourth-order valence-corrected chi connectivity index (χ4v) is 3.61. The van der Waals surface area contributed by atoms with Crippen molar-refractivity contribution < 1.29 is 32.6 Å². The molecule has 3 rings (SSSR count). The highest BCUT2D eigenvalue weighted by Crippen LogP contribution is 2.39. The molecule has 1 atom stereocenters. The molecule has 148 valence electrons. The number of cyclic esters (lactones) is 1. The van der Waals surface area contributed by atoms with Gasteiger partial charge in [0.2, 0.25) is 5.91 Å². The smallest absolute Gasteiger partial charge is 0.414 e. The van der Waals surface area contributed by atoms with Gasteiger partial charge in [-0.15, -0.1) is 0 Å². The Hall–Kier alpha value is -2.29. The third-order valence-corrected chi connectivity index (χ3v) is 5.02. The summed E-state index contributed by atoms with van der Waals surface area (Å²) < 4.78 is 48.9. The van der Waals surface area contributed by atoms with Crippen molar-refractivity contribution in [1.29, 1.82) is 0 Å². The van der Waals surface area contributed by atoms with E-state index in [-0.39, 0.29) is 24.6 Å². The molecule has 6 nitrogen and oxygen atoms in total. The Morgan fingerprint density at radius 2 is 1.93 bits per heavy atom. The molecule has 1 saturated heterocycles. The standard InChI is InChI=1S/C18H21F3N2O4/c1-9(24)22-7-12-8-23(18(26)27-12)14-6-13(19)15(17(21)16(14)20)10-2-4-11(25)5-3-10/h6,10-12,25H,2-5,7-8H2,1H3,(H,22,24)/t10?,11?,12-/m0/s1. The summed E-state index contributed by atoms with van der Waals surface area (Å²) in [7, 11) is 0. The maximum absolute atomic E-state index is 14.6. The van der Waals surface area contributed by atoms with Gasteiger partial charge in [-0.2, -0.15) is 0 Å². The molecule has 0 spiro atoms. The molecule has 1 aliphatic heterocycles. The molecule has 0 bridgehead atoms. The first-order chi connectivity index (χ1) is 12.8. The number of amides is 2. The number of carbonyl (C=O) groups is 2. The third-order valence-electron chi connectivity index (χ3n) is 5.02. The lowest BCUT2D eigenvalue weighted by atomic mass is 9.82. The summed E-state index contributed by atoms with van der Waals surface area (Å²) in [5, 5.41) is 12.0. The number of carbonyl (C=O) groups excluding carboxylic acids is 2. The van der Waals surface area contributed by atoms with Crippen molar-refractivity contribution in [1.82, 2.24) is 5.32 Å². The zero-order chi connectivity index (χ0) is 19.7. The van der Waals surface area contributed by atoms with Crippen LogP contribution in [0.2, 0.25) is 0 Å². The summed E-state index contributed by atoms with van der Waals surface area (Å²) in [6.45, 7) is 1.18. The highest BCUT2D eigenvalue weighted by molar-refractivity contribution is 5.90. The van der Waals surface area contributed by atoms with E-state index >= 15 is 0 Å². The number of halogens is 3. The average molecular weight is 386 g/mol. The van der Waals surface area contributed by atoms with Crippen molar-refractivity contribution in [3.8, 4) is 0 Å². The number of aliphatic hydroxyl groups excluding tert-OH is 1. The predicted octanol–water partition coefficient (Wildman–Crippen LogP) is 2.58. The molecular weight excluding hydrogens is 365 g/mol. The summed E-state index contributed by atoms with van der Waals surface area (Å²) in [5.41, 5.74) is -0.870. The first-order valence-corrected chi connectivity index (χ1v) is 8.86. The number of rotatable bonds is 4. The van der Waals surface area contributed by atoms with Crippen molar-refractivity contribution in [3.05, 3.63) is 29.1 Å². The number of ether oxygens (including phenoxy) is 1. The van der Waals surface area contributed by atoms with Crippen LogP contribution in [0.15, 0.2) is 6.07 Å². The Morgan fingerprint density at radius 3 is 2.56 bits per heavy atom. The summed E-state index contributed by atoms with van der Waals surface area (Å²) >= 11 is 0. The van der Waals surface area contributed by atoms with E-state index in [0.717, 1.165) is 11.0 Å². The van der Waals surface area contributed by atoms with Crippen molar-refractivity contribution in [2.24, 2.45) is 0 Å². The first-order valence-electron chi connectivity index (χ1n) is 8.86. The Labute approximate surface area is 154 Å². The Bertz CT molecular complexity index is 751. The molecule has 0 aromatic heterocycles. The molecule has 1 saturated carbocycles. The lowest BCUT2D eigenvalue weighted by Crippen LogP contribution is -2.33. The zero-order valence-corrected chi connectivity index (χ0v) is 14.8. The third kappa shape index (κ3) is 4.02. The Morgan fingerprint density at radius 1 is 1.26 bits per heavy atom. The fraction of sp³-hybridized carbons (Fsp3) is 0.556. The summed E-state index contributed by atoms with van der Waals surface area (Å²) in [6, 6.07) is 0.806. The molecule has 9 heteroatoms. The van der Waals surface area contributed by atoms with Gasteiger partial charge in [-0.3, -0.25) is 9.69 Å². The second-order valence-electron chi connectivity index (χ2n) is 6.98. The summed E-state index contributed by atoms with van der Waals surface area (Å²) in [5.74, 6) is -4.40. The lowest BCUT2D eigenvalue weighted by Gasteiger charge is -2.27. The number of nitrogens with one attached hydrogen (secondary N) is 1. The van der Waals surface area contributed by atoms with E-state index in [0.29, 0.717) is 25.7 Å². The van der Waals surface area contributed by atoms with Crippen LogP contribution in [0.3, 0.4) is 0 Å². The van der Waals surface area contributed by atoms with Crippen molar-refractivity contribution in [2.45, 2.75) is 50.7 Å². The van der Waals surface area contributed by atoms with E-state index in [9.17, 15) is 27.9 Å². The van der Waals surface area contributed by atoms with E-state index in [4.69, 9.17) is 4.74 Å². The maximum atomic E-state index is 14.6. The highest BCUT2D eigenvalue weighted by atomic mass is 19.2. The molecule has 1 heterocycles. The van der Waals surface area contributed by atoms with Gasteiger partial charge in [0.25, 0.3) is 0 Å². The van der Waals surface area contributed by atoms with Gasteiger partial charge in [0.05, 0.1) is 24.9 Å². The van der Waals surface area contributed by atoms with Gasteiger partial charge in [-0.1, -0.05) is 0 Å². The maximum Gasteiger partial charge on any atom is 0.414 e. The van der Waals surface area contributed by atoms with Crippen LogP contribution in [0.5, 0.6) is 0 Å². The van der Waals surface area contributed by atoms with Gasteiger partial charge >= 0.3 is 6.09 Å². The topological polar surface area (TPSA) is 78.9 Å². The minimum absolute atomic E-state index is 0.0205. The summed E-state index contributed by atoms with van der Waals surface area (Å²) in [6.07, 6.45) is -0.664. The van der Waals surface area contributed by atoms with Crippen LogP contribution < -0.4 is 10.2 Å². The molecule has 27 heavy (non-hydrogen) atoms. The van der Waals surface area contributed by atoms with Gasteiger partial charge < -0.3 is 15.2 Å². The Kier molecular flexibility index (Phi) is 5.59. The Balaban J connectivity index is 1.83. The van der Waals surface area contributed by atoms with Crippen LogP contribution in [-0.4, -0.2) is 42.4 Å². The second-order valence-corrected chi connectivity index (χ2v) is 6.98. The summed E-state index contributed by atoms with van der Waals surface area (Å²) in [4.78, 5) is 23.7. The molecule has 1 aliphatic carbocycles. The van der Waals surface area contributed by atoms with E-state index in [2.05, 4.69) is 5.32 Å². The van der Waals surface area contributed by atoms with Crippen LogP contribution in [0.4, 0.5) is 23.7 Å². The molecule has 2 N–H and O–H groups in total. The van der Waals surface area contributed by atoms with Gasteiger partial charge in [-0.05, 0) is 31.6 Å². The molecule has 0 radical (unpaired) electrons. The zero-order valence-electron chi connectivity index (χ0n) is 14.8. The van der Waals surface area contributed by atoms with Gasteiger partial charge in [0, 0.05) is 18.6 Å². The van der Waals surface area contributed by atoms with Crippen LogP contribution in [0.1, 0.15) is 44.1 Å². The molecule has 2 aliphatic rings. The molecule has 2 amide bonds. The van der Waals surface area contributed by atoms with Crippen molar-refractivity contribution in [2.75, 3.05) is 18.0 Å². The normalized spacial score (nSPS) is 25.4. The number of aliphatic hydroxyl groups is 1. The van der Waals surface area contributed by atoms with E-state index in [1.54, 1.807) is 0 Å². The number of hydrogen-bond acceptors (Lipinski definition) is 4. The van der Waals surface area contributed by atoms with E-state index in [1.807, 2.05) is 0 Å². The quantitative estimate of drug-likeness (QED) is 0.780. The van der Waals surface area contributed by atoms with Crippen LogP contribution >= 0.6 is 0 Å². The average Bonchev–Trinajstić information content (AvgIpc) is 2.98. The minimum Gasteiger partial charge on any atom is -0.442 e. The monoisotopic (exact) mass is 386 g/mol. The van der Waals surface area contributed by atoms with E-state index < -0.39 is 47.4 Å². The van der Waals surface area contributed by atoms with Crippen LogP contribution in [-0.2, 0) is 9.53 Å². The molecular formula is C18H21F3N2O4. The number of hydrogen-bond donors (Lipinski definition) is 2. The van der Waals surface area contributed by atoms with E-state index in [1.165, 1.54) is 6.92 Å². The molecule has 1 aromatic rings. The molecule has 1 aromatic carbocycles.